The van der Waals surface area contributed by atoms with Crippen molar-refractivity contribution >= 4 is 15.5 Å². The lowest BCUT2D eigenvalue weighted by Crippen LogP contribution is -2.25. The van der Waals surface area contributed by atoms with Crippen LogP contribution in [0.25, 0.3) is 0 Å². The maximum absolute atomic E-state index is 11.9. The predicted octanol–water partition coefficient (Wildman–Crippen LogP) is 2.38. The van der Waals surface area contributed by atoms with Gasteiger partial charge < -0.3 is 10.2 Å². The van der Waals surface area contributed by atoms with Crippen LogP contribution in [0.1, 0.15) is 26.2 Å². The minimum absolute atomic E-state index is 0.217. The first kappa shape index (κ1) is 15.3. The van der Waals surface area contributed by atoms with Gasteiger partial charge in [0.25, 0.3) is 0 Å². The number of sulfone groups is 1. The number of hydrogen-bond acceptors (Lipinski definition) is 4. The van der Waals surface area contributed by atoms with E-state index in [0.29, 0.717) is 11.3 Å². The highest BCUT2D eigenvalue weighted by Gasteiger charge is 2.13. The number of likely N-dealkylation sites (tertiary alicyclic amines) is 1. The van der Waals surface area contributed by atoms with Crippen LogP contribution >= 0.6 is 0 Å². The minimum Gasteiger partial charge on any atom is -0.384 e. The molecule has 1 aliphatic heterocycles. The second-order valence-electron chi connectivity index (χ2n) is 5.32. The molecule has 0 spiro atoms. The third kappa shape index (κ3) is 4.21. The summed E-state index contributed by atoms with van der Waals surface area (Å²) in [5.41, 5.74) is 0.986. The molecule has 1 heterocycles. The van der Waals surface area contributed by atoms with E-state index >= 15 is 0 Å². The van der Waals surface area contributed by atoms with E-state index in [1.165, 1.54) is 25.9 Å². The molecule has 0 aliphatic carbocycles. The second kappa shape index (κ2) is 7.09. The van der Waals surface area contributed by atoms with Crippen LogP contribution in [0.15, 0.2) is 29.2 Å². The average molecular weight is 296 g/mol. The summed E-state index contributed by atoms with van der Waals surface area (Å²) >= 11 is 0. The Hall–Kier alpha value is -1.07. The molecule has 2 rings (SSSR count). The van der Waals surface area contributed by atoms with Crippen LogP contribution in [0.4, 0.5) is 5.69 Å². The van der Waals surface area contributed by atoms with Gasteiger partial charge in [-0.2, -0.15) is 0 Å². The Morgan fingerprint density at radius 3 is 2.40 bits per heavy atom. The summed E-state index contributed by atoms with van der Waals surface area (Å²) in [4.78, 5) is 2.87. The van der Waals surface area contributed by atoms with E-state index in [1.54, 1.807) is 12.1 Å². The van der Waals surface area contributed by atoms with E-state index in [-0.39, 0.29) is 5.75 Å². The smallest absolute Gasteiger partial charge is 0.178 e. The van der Waals surface area contributed by atoms with Gasteiger partial charge in [-0.05, 0) is 56.6 Å². The first-order valence-electron chi connectivity index (χ1n) is 7.41. The van der Waals surface area contributed by atoms with Crippen molar-refractivity contribution in [2.75, 3.05) is 37.2 Å². The lowest BCUT2D eigenvalue weighted by Gasteiger charge is -2.15. The first-order chi connectivity index (χ1) is 9.62. The van der Waals surface area contributed by atoms with Crippen molar-refractivity contribution in [3.63, 3.8) is 0 Å². The molecule has 0 atom stereocenters. The van der Waals surface area contributed by atoms with Crippen molar-refractivity contribution in [3.8, 4) is 0 Å². The zero-order chi connectivity index (χ0) is 14.4. The molecule has 1 aromatic rings. The van der Waals surface area contributed by atoms with Crippen LogP contribution in [0.3, 0.4) is 0 Å². The zero-order valence-electron chi connectivity index (χ0n) is 12.1. The van der Waals surface area contributed by atoms with E-state index in [0.717, 1.165) is 18.8 Å². The predicted molar refractivity (Wildman–Crippen MR) is 82.9 cm³/mol. The van der Waals surface area contributed by atoms with Gasteiger partial charge in [-0.1, -0.05) is 6.92 Å². The maximum atomic E-state index is 11.9. The standard InChI is InChI=1S/C15H24N2O2S/c1-2-13-20(18,19)15-7-5-14(6-8-15)16-9-12-17-10-3-4-11-17/h5-8,16H,2-4,9-13H2,1H3. The van der Waals surface area contributed by atoms with Gasteiger partial charge in [0.05, 0.1) is 10.6 Å². The molecule has 1 fully saturated rings. The average Bonchev–Trinajstić information content (AvgIpc) is 2.92. The minimum atomic E-state index is -3.10. The van der Waals surface area contributed by atoms with E-state index in [2.05, 4.69) is 10.2 Å². The van der Waals surface area contributed by atoms with E-state index in [4.69, 9.17) is 0 Å². The number of hydrogen-bond donors (Lipinski definition) is 1. The quantitative estimate of drug-likeness (QED) is 0.839. The summed E-state index contributed by atoms with van der Waals surface area (Å²) in [7, 11) is -3.10. The molecule has 0 bridgehead atoms. The summed E-state index contributed by atoms with van der Waals surface area (Å²) in [6.07, 6.45) is 3.27. The van der Waals surface area contributed by atoms with Gasteiger partial charge in [0.1, 0.15) is 0 Å². The van der Waals surface area contributed by atoms with Gasteiger partial charge in [-0.3, -0.25) is 0 Å². The summed E-state index contributed by atoms with van der Waals surface area (Å²) in [5.74, 6) is 0.217. The monoisotopic (exact) mass is 296 g/mol. The number of benzene rings is 1. The normalized spacial score (nSPS) is 16.4. The molecule has 112 valence electrons. The van der Waals surface area contributed by atoms with Crippen LogP contribution in [0.2, 0.25) is 0 Å². The van der Waals surface area contributed by atoms with Gasteiger partial charge in [0.15, 0.2) is 9.84 Å². The fourth-order valence-electron chi connectivity index (χ4n) is 2.53. The Balaban J connectivity index is 1.85. The molecule has 1 aromatic carbocycles. The van der Waals surface area contributed by atoms with Crippen LogP contribution in [0, 0.1) is 0 Å². The van der Waals surface area contributed by atoms with E-state index in [1.807, 2.05) is 19.1 Å². The van der Waals surface area contributed by atoms with Crippen molar-refractivity contribution in [2.24, 2.45) is 0 Å². The molecule has 20 heavy (non-hydrogen) atoms. The highest BCUT2D eigenvalue weighted by molar-refractivity contribution is 7.91. The Morgan fingerprint density at radius 2 is 1.80 bits per heavy atom. The molecule has 0 amide bonds. The molecule has 1 saturated heterocycles. The van der Waals surface area contributed by atoms with Crippen molar-refractivity contribution in [3.05, 3.63) is 24.3 Å². The van der Waals surface area contributed by atoms with Crippen LogP contribution in [0.5, 0.6) is 0 Å². The van der Waals surface area contributed by atoms with Crippen molar-refractivity contribution < 1.29 is 8.42 Å². The summed E-state index contributed by atoms with van der Waals surface area (Å²) in [6.45, 7) is 6.24. The number of nitrogens with zero attached hydrogens (tertiary/aromatic N) is 1. The van der Waals surface area contributed by atoms with Crippen molar-refractivity contribution in [1.82, 2.24) is 4.90 Å². The molecular weight excluding hydrogens is 272 g/mol. The molecule has 1 aliphatic rings. The molecule has 1 N–H and O–H groups in total. The SMILES string of the molecule is CCCS(=O)(=O)c1ccc(NCCN2CCCC2)cc1. The second-order valence-corrected chi connectivity index (χ2v) is 7.43. The van der Waals surface area contributed by atoms with Crippen molar-refractivity contribution in [1.29, 1.82) is 0 Å². The van der Waals surface area contributed by atoms with Gasteiger partial charge in [-0.15, -0.1) is 0 Å². The lowest BCUT2D eigenvalue weighted by atomic mass is 10.3. The molecule has 0 unspecified atom stereocenters. The Morgan fingerprint density at radius 1 is 1.15 bits per heavy atom. The third-order valence-electron chi connectivity index (χ3n) is 3.64. The number of rotatable bonds is 7. The Labute approximate surface area is 122 Å². The summed E-state index contributed by atoms with van der Waals surface area (Å²) in [6, 6.07) is 7.10. The summed E-state index contributed by atoms with van der Waals surface area (Å²) in [5, 5.41) is 3.35. The van der Waals surface area contributed by atoms with Gasteiger partial charge in [-0.25, -0.2) is 8.42 Å². The fourth-order valence-corrected chi connectivity index (χ4v) is 3.86. The lowest BCUT2D eigenvalue weighted by molar-refractivity contribution is 0.352. The van der Waals surface area contributed by atoms with Crippen LogP contribution < -0.4 is 5.32 Å². The third-order valence-corrected chi connectivity index (χ3v) is 5.58. The molecule has 0 radical (unpaired) electrons. The molecule has 0 saturated carbocycles. The molecule has 4 nitrogen and oxygen atoms in total. The molecular formula is C15H24N2O2S. The molecule has 5 heteroatoms. The fraction of sp³-hybridized carbons (Fsp3) is 0.600. The maximum Gasteiger partial charge on any atom is 0.178 e. The number of anilines is 1. The van der Waals surface area contributed by atoms with Gasteiger partial charge in [0, 0.05) is 18.8 Å². The van der Waals surface area contributed by atoms with Crippen LogP contribution in [-0.4, -0.2) is 45.2 Å². The highest BCUT2D eigenvalue weighted by atomic mass is 32.2. The zero-order valence-corrected chi connectivity index (χ0v) is 13.0. The Kier molecular flexibility index (Phi) is 5.43. The first-order valence-corrected chi connectivity index (χ1v) is 9.06. The van der Waals surface area contributed by atoms with E-state index < -0.39 is 9.84 Å². The van der Waals surface area contributed by atoms with Gasteiger partial charge >= 0.3 is 0 Å². The highest BCUT2D eigenvalue weighted by Crippen LogP contribution is 2.16. The Bertz CT molecular complexity index is 505. The molecule has 0 aromatic heterocycles. The van der Waals surface area contributed by atoms with Gasteiger partial charge in [0.2, 0.25) is 0 Å². The van der Waals surface area contributed by atoms with Crippen LogP contribution in [-0.2, 0) is 9.84 Å². The summed E-state index contributed by atoms with van der Waals surface area (Å²) < 4.78 is 23.8. The topological polar surface area (TPSA) is 49.4 Å². The van der Waals surface area contributed by atoms with Crippen molar-refractivity contribution in [2.45, 2.75) is 31.1 Å². The van der Waals surface area contributed by atoms with E-state index in [9.17, 15) is 8.42 Å². The number of nitrogens with one attached hydrogen (secondary N) is 1. The largest absolute Gasteiger partial charge is 0.384 e.